The average Bonchev–Trinajstić information content (AvgIpc) is 3.64. The first-order chi connectivity index (χ1) is 17.7. The van der Waals surface area contributed by atoms with Crippen LogP contribution in [0.5, 0.6) is 17.2 Å². The lowest BCUT2D eigenvalue weighted by Crippen LogP contribution is -2.19. The van der Waals surface area contributed by atoms with Crippen LogP contribution in [-0.4, -0.2) is 23.2 Å². The van der Waals surface area contributed by atoms with Gasteiger partial charge in [-0.05, 0) is 73.7 Å². The Morgan fingerprint density at radius 2 is 1.68 bits per heavy atom. The van der Waals surface area contributed by atoms with Crippen molar-refractivity contribution in [2.75, 3.05) is 5.32 Å². The van der Waals surface area contributed by atoms with Crippen molar-refractivity contribution in [1.82, 2.24) is 4.98 Å². The first kappa shape index (κ1) is 26.8. The highest BCUT2D eigenvalue weighted by Crippen LogP contribution is 2.47. The van der Waals surface area contributed by atoms with Crippen LogP contribution >= 0.6 is 0 Å². The summed E-state index contributed by atoms with van der Waals surface area (Å²) < 4.78 is 88.7. The summed E-state index contributed by atoms with van der Waals surface area (Å²) in [4.78, 5) is 28.1. The molecule has 1 aromatic heterocycles. The Morgan fingerprint density at radius 3 is 2.24 bits per heavy atom. The van der Waals surface area contributed by atoms with E-state index in [2.05, 4.69) is 15.0 Å². The van der Waals surface area contributed by atoms with Crippen molar-refractivity contribution in [3.8, 4) is 17.2 Å². The number of anilines is 1. The molecule has 0 aliphatic heterocycles. The second-order valence-corrected chi connectivity index (χ2v) is 8.48. The van der Waals surface area contributed by atoms with Gasteiger partial charge in [-0.25, -0.2) is 4.98 Å². The molecule has 38 heavy (non-hydrogen) atoms. The fraction of sp³-hybridized carbons (Fsp3) is 0.240. The number of ether oxygens (including phenoxy) is 2. The number of carbonyl (C=O) groups is 2. The minimum atomic E-state index is -4.91. The topological polar surface area (TPSA) is 104 Å². The molecule has 0 radical (unpaired) electrons. The predicted molar refractivity (Wildman–Crippen MR) is 122 cm³/mol. The lowest BCUT2D eigenvalue weighted by Gasteiger charge is -2.19. The molecular formula is C25H19F6N3O4. The Kier molecular flexibility index (Phi) is 6.96. The Bertz CT molecular complexity index is 1380. The Balaban J connectivity index is 1.72. The molecule has 0 bridgehead atoms. The van der Waals surface area contributed by atoms with E-state index in [1.165, 1.54) is 18.2 Å². The average molecular weight is 539 g/mol. The maximum atomic E-state index is 13.6. The molecule has 7 nitrogen and oxygen atoms in total. The number of amides is 2. The first-order valence-electron chi connectivity index (χ1n) is 11.1. The van der Waals surface area contributed by atoms with Crippen molar-refractivity contribution in [2.45, 2.75) is 38.2 Å². The molecule has 1 heterocycles. The number of hydrogen-bond donors (Lipinski definition) is 2. The van der Waals surface area contributed by atoms with Gasteiger partial charge in [-0.2, -0.15) is 13.2 Å². The number of benzene rings is 2. The summed E-state index contributed by atoms with van der Waals surface area (Å²) >= 11 is 0. The van der Waals surface area contributed by atoms with Crippen molar-refractivity contribution >= 4 is 17.5 Å². The summed E-state index contributed by atoms with van der Waals surface area (Å²) in [6, 6.07) is 7.61. The number of nitrogens with one attached hydrogen (secondary N) is 1. The van der Waals surface area contributed by atoms with Crippen molar-refractivity contribution in [3.05, 3.63) is 76.6 Å². The van der Waals surface area contributed by atoms with E-state index < -0.39 is 46.8 Å². The molecule has 0 saturated heterocycles. The van der Waals surface area contributed by atoms with Gasteiger partial charge in [-0.1, -0.05) is 0 Å². The SMILES string of the molecule is Cc1c(C(F)(F)F)ccc(Oc2ccc(OC(F)(F)F)cc2C2CC2)c1C(=O)Nc1ccc(C(N)=O)nc1. The Hall–Kier alpha value is -4.29. The number of rotatable bonds is 7. The highest BCUT2D eigenvalue weighted by atomic mass is 19.4. The van der Waals surface area contributed by atoms with Gasteiger partial charge < -0.3 is 20.5 Å². The van der Waals surface area contributed by atoms with Crippen LogP contribution in [0.3, 0.4) is 0 Å². The van der Waals surface area contributed by atoms with Crippen LogP contribution in [0.1, 0.15) is 56.3 Å². The van der Waals surface area contributed by atoms with Gasteiger partial charge in [0.05, 0.1) is 23.0 Å². The maximum Gasteiger partial charge on any atom is 0.573 e. The van der Waals surface area contributed by atoms with E-state index in [-0.39, 0.29) is 28.8 Å². The van der Waals surface area contributed by atoms with Gasteiger partial charge in [0.15, 0.2) is 0 Å². The van der Waals surface area contributed by atoms with E-state index in [9.17, 15) is 35.9 Å². The number of carbonyl (C=O) groups excluding carboxylic acids is 2. The third kappa shape index (κ3) is 6.15. The highest BCUT2D eigenvalue weighted by Gasteiger charge is 2.36. The molecule has 2 aromatic carbocycles. The number of nitrogens with zero attached hydrogens (tertiary/aromatic N) is 1. The van der Waals surface area contributed by atoms with Gasteiger partial charge in [0.25, 0.3) is 11.8 Å². The Morgan fingerprint density at radius 1 is 1.00 bits per heavy atom. The van der Waals surface area contributed by atoms with E-state index in [4.69, 9.17) is 10.5 Å². The standard InChI is InChI=1S/C25H19F6N3O4/c1-12-17(24(26,27)28)6-9-20(21(12)23(36)34-14-4-7-18(22(32)35)33-11-14)37-19-8-5-15(38-25(29,30)31)10-16(19)13-2-3-13/h4-11,13H,2-3H2,1H3,(H2,32,35)(H,34,36). The van der Waals surface area contributed by atoms with E-state index in [1.807, 2.05) is 0 Å². The van der Waals surface area contributed by atoms with Crippen LogP contribution in [0.25, 0.3) is 0 Å². The van der Waals surface area contributed by atoms with Crippen molar-refractivity contribution in [1.29, 1.82) is 0 Å². The van der Waals surface area contributed by atoms with Crippen LogP contribution in [0, 0.1) is 6.92 Å². The summed E-state index contributed by atoms with van der Waals surface area (Å²) in [6.45, 7) is 1.10. The molecule has 3 N–H and O–H groups in total. The molecule has 1 aliphatic rings. The molecule has 1 aliphatic carbocycles. The fourth-order valence-electron chi connectivity index (χ4n) is 3.82. The summed E-state index contributed by atoms with van der Waals surface area (Å²) in [7, 11) is 0. The molecule has 2 amide bonds. The van der Waals surface area contributed by atoms with Crippen LogP contribution in [0.4, 0.5) is 32.0 Å². The summed E-state index contributed by atoms with van der Waals surface area (Å²) in [5, 5.41) is 2.41. The number of aromatic nitrogens is 1. The molecule has 4 rings (SSSR count). The lowest BCUT2D eigenvalue weighted by molar-refractivity contribution is -0.274. The molecule has 13 heteroatoms. The molecule has 1 saturated carbocycles. The van der Waals surface area contributed by atoms with E-state index in [0.717, 1.165) is 37.4 Å². The van der Waals surface area contributed by atoms with Gasteiger partial charge in [0.1, 0.15) is 22.9 Å². The van der Waals surface area contributed by atoms with E-state index >= 15 is 0 Å². The van der Waals surface area contributed by atoms with Crippen LogP contribution < -0.4 is 20.5 Å². The number of halogens is 6. The number of hydrogen-bond acceptors (Lipinski definition) is 5. The number of primary amides is 1. The summed E-state index contributed by atoms with van der Waals surface area (Å²) in [5.41, 5.74) is 3.51. The van der Waals surface area contributed by atoms with E-state index in [0.29, 0.717) is 18.4 Å². The molecule has 200 valence electrons. The zero-order chi connectivity index (χ0) is 27.8. The van der Waals surface area contributed by atoms with Gasteiger partial charge in [-0.15, -0.1) is 13.2 Å². The van der Waals surface area contributed by atoms with Crippen molar-refractivity contribution < 1.29 is 45.4 Å². The highest BCUT2D eigenvalue weighted by molar-refractivity contribution is 6.07. The van der Waals surface area contributed by atoms with Crippen LogP contribution in [0.2, 0.25) is 0 Å². The van der Waals surface area contributed by atoms with Gasteiger partial charge in [-0.3, -0.25) is 9.59 Å². The van der Waals surface area contributed by atoms with Gasteiger partial charge in [0, 0.05) is 5.56 Å². The normalized spacial score (nSPS) is 13.7. The monoisotopic (exact) mass is 539 g/mol. The predicted octanol–water partition coefficient (Wildman–Crippen LogP) is 6.33. The second-order valence-electron chi connectivity index (χ2n) is 8.48. The van der Waals surface area contributed by atoms with E-state index in [1.54, 1.807) is 0 Å². The number of alkyl halides is 6. The lowest BCUT2D eigenvalue weighted by atomic mass is 9.99. The third-order valence-electron chi connectivity index (χ3n) is 5.68. The first-order valence-corrected chi connectivity index (χ1v) is 11.1. The van der Waals surface area contributed by atoms with Crippen molar-refractivity contribution in [3.63, 3.8) is 0 Å². The van der Waals surface area contributed by atoms with Gasteiger partial charge >= 0.3 is 12.5 Å². The molecule has 0 atom stereocenters. The molecule has 0 unspecified atom stereocenters. The molecular weight excluding hydrogens is 520 g/mol. The largest absolute Gasteiger partial charge is 0.573 e. The third-order valence-corrected chi connectivity index (χ3v) is 5.68. The van der Waals surface area contributed by atoms with Crippen LogP contribution in [0.15, 0.2) is 48.7 Å². The quantitative estimate of drug-likeness (QED) is 0.342. The zero-order valence-electron chi connectivity index (χ0n) is 19.5. The fourth-order valence-corrected chi connectivity index (χ4v) is 3.82. The minimum absolute atomic E-state index is 0.0649. The molecule has 1 fully saturated rings. The van der Waals surface area contributed by atoms with Crippen LogP contribution in [-0.2, 0) is 6.18 Å². The molecule has 3 aromatic rings. The second kappa shape index (κ2) is 9.88. The number of pyridine rings is 1. The Labute approximate surface area is 211 Å². The molecule has 0 spiro atoms. The van der Waals surface area contributed by atoms with Gasteiger partial charge in [0.2, 0.25) is 0 Å². The summed E-state index contributed by atoms with van der Waals surface area (Å²) in [5.74, 6) is -2.57. The summed E-state index contributed by atoms with van der Waals surface area (Å²) in [6.07, 6.45) is -7.26. The maximum absolute atomic E-state index is 13.6. The smallest absolute Gasteiger partial charge is 0.456 e. The number of nitrogens with two attached hydrogens (primary N) is 1. The van der Waals surface area contributed by atoms with Crippen molar-refractivity contribution in [2.24, 2.45) is 5.73 Å². The minimum Gasteiger partial charge on any atom is -0.456 e. The zero-order valence-corrected chi connectivity index (χ0v) is 19.5.